The summed E-state index contributed by atoms with van der Waals surface area (Å²) >= 11 is 0. The van der Waals surface area contributed by atoms with Crippen LogP contribution in [0.4, 0.5) is 0 Å². The summed E-state index contributed by atoms with van der Waals surface area (Å²) in [6.45, 7) is 15.8. The third kappa shape index (κ3) is 4.23. The largest absolute Gasteiger partial charge is 0.507 e. The molecule has 0 fully saturated rings. The molecule has 5 heterocycles. The molecular formula is C42H37N4O2Pt-. The van der Waals surface area contributed by atoms with Gasteiger partial charge in [-0.2, -0.15) is 11.1 Å². The van der Waals surface area contributed by atoms with E-state index in [1.807, 2.05) is 18.3 Å². The fourth-order valence-corrected chi connectivity index (χ4v) is 7.83. The number of benzene rings is 4. The number of phenols is 1. The van der Waals surface area contributed by atoms with Gasteiger partial charge in [0.25, 0.3) is 0 Å². The molecule has 8 aromatic rings. The summed E-state index contributed by atoms with van der Waals surface area (Å²) in [5.74, 6) is 2.13. The molecule has 0 radical (unpaired) electrons. The molecule has 1 aliphatic heterocycles. The van der Waals surface area contributed by atoms with E-state index >= 15 is 0 Å². The minimum Gasteiger partial charge on any atom is -0.507 e. The molecule has 0 spiro atoms. The average Bonchev–Trinajstić information content (AvgIpc) is 3.60. The van der Waals surface area contributed by atoms with Gasteiger partial charge in [0.05, 0.1) is 16.6 Å². The summed E-state index contributed by atoms with van der Waals surface area (Å²) in [6.07, 6.45) is 1.89. The molecule has 1 N–H and O–H groups in total. The molecule has 7 heteroatoms. The number of rotatable bonds is 3. The zero-order valence-electron chi connectivity index (χ0n) is 28.6. The number of ether oxygens (including phenoxy) is 1. The summed E-state index contributed by atoms with van der Waals surface area (Å²) in [5.41, 5.74) is 6.53. The molecule has 9 rings (SSSR count). The van der Waals surface area contributed by atoms with Crippen LogP contribution >= 0.6 is 0 Å². The summed E-state index contributed by atoms with van der Waals surface area (Å²) < 4.78 is 11.3. The van der Waals surface area contributed by atoms with E-state index < -0.39 is 0 Å². The molecule has 1 aliphatic rings. The van der Waals surface area contributed by atoms with Crippen molar-refractivity contribution in [3.63, 3.8) is 0 Å². The van der Waals surface area contributed by atoms with Gasteiger partial charge < -0.3 is 14.4 Å². The molecule has 0 unspecified atom stereocenters. The monoisotopic (exact) mass is 824 g/mol. The first-order chi connectivity index (χ1) is 22.9. The number of aromatic hydroxyl groups is 1. The molecule has 4 aromatic heterocycles. The Kier molecular flexibility index (Phi) is 6.71. The Labute approximate surface area is 299 Å². The maximum atomic E-state index is 11.2. The summed E-state index contributed by atoms with van der Waals surface area (Å²) in [5, 5.41) is 16.2. The van der Waals surface area contributed by atoms with Gasteiger partial charge in [-0.25, -0.2) is 4.98 Å². The zero-order valence-corrected chi connectivity index (χ0v) is 30.9. The van der Waals surface area contributed by atoms with E-state index in [2.05, 4.69) is 130 Å². The summed E-state index contributed by atoms with van der Waals surface area (Å²) in [7, 11) is 0. The molecule has 0 saturated carbocycles. The maximum absolute atomic E-state index is 11.2. The van der Waals surface area contributed by atoms with Crippen LogP contribution in [0.1, 0.15) is 65.3 Å². The summed E-state index contributed by atoms with van der Waals surface area (Å²) in [4.78, 5) is 10.0. The van der Waals surface area contributed by atoms with Crippen molar-refractivity contribution in [2.24, 2.45) is 0 Å². The molecule has 0 bridgehead atoms. The second-order valence-electron chi connectivity index (χ2n) is 15.3. The van der Waals surface area contributed by atoms with Gasteiger partial charge in [0.1, 0.15) is 11.6 Å². The molecule has 0 atom stereocenters. The number of para-hydroxylation sites is 2. The van der Waals surface area contributed by atoms with Gasteiger partial charge in [0.2, 0.25) is 5.88 Å². The topological polar surface area (TPSA) is 64.6 Å². The van der Waals surface area contributed by atoms with Crippen molar-refractivity contribution in [2.45, 2.75) is 64.7 Å². The Bertz CT molecular complexity index is 2660. The van der Waals surface area contributed by atoms with Crippen molar-refractivity contribution in [2.75, 3.05) is 0 Å². The zero-order chi connectivity index (χ0) is 33.3. The first-order valence-electron chi connectivity index (χ1n) is 16.6. The Morgan fingerprint density at radius 1 is 0.796 bits per heavy atom. The van der Waals surface area contributed by atoms with Crippen molar-refractivity contribution >= 4 is 49.1 Å². The molecule has 248 valence electrons. The van der Waals surface area contributed by atoms with Crippen LogP contribution in [0.15, 0.2) is 91.1 Å². The smallest absolute Gasteiger partial charge is 0.240 e. The van der Waals surface area contributed by atoms with E-state index in [0.717, 1.165) is 55.0 Å². The molecule has 4 aromatic carbocycles. The van der Waals surface area contributed by atoms with Crippen molar-refractivity contribution in [1.82, 2.24) is 18.9 Å². The first-order valence-corrected chi connectivity index (χ1v) is 16.6. The number of fused-ring (bicyclic) bond motifs is 6. The van der Waals surface area contributed by atoms with Gasteiger partial charge >= 0.3 is 0 Å². The van der Waals surface area contributed by atoms with E-state index in [0.29, 0.717) is 17.3 Å². The number of hydrogen-bond acceptors (Lipinski definition) is 4. The van der Waals surface area contributed by atoms with E-state index in [1.54, 1.807) is 6.07 Å². The fourth-order valence-electron chi connectivity index (χ4n) is 7.83. The van der Waals surface area contributed by atoms with Gasteiger partial charge in [-0.3, -0.25) is 4.40 Å². The van der Waals surface area contributed by atoms with Crippen LogP contribution in [-0.2, 0) is 37.3 Å². The van der Waals surface area contributed by atoms with Gasteiger partial charge in [-0.15, -0.1) is 17.5 Å². The Balaban J connectivity index is 0.00000348. The predicted octanol–water partition coefficient (Wildman–Crippen LogP) is 10.3. The minimum absolute atomic E-state index is 0. The Hall–Kier alpha value is -4.67. The number of nitrogens with zero attached hydrogens (tertiary/aromatic N) is 4. The van der Waals surface area contributed by atoms with E-state index in [-0.39, 0.29) is 43.1 Å². The van der Waals surface area contributed by atoms with Crippen LogP contribution in [0.25, 0.3) is 54.9 Å². The number of pyridine rings is 2. The van der Waals surface area contributed by atoms with Crippen molar-refractivity contribution in [3.8, 4) is 23.2 Å². The van der Waals surface area contributed by atoms with Crippen LogP contribution < -0.4 is 4.74 Å². The third-order valence-corrected chi connectivity index (χ3v) is 11.1. The number of aromatic nitrogens is 4. The van der Waals surface area contributed by atoms with E-state index in [4.69, 9.17) is 14.7 Å². The molecule has 6 nitrogen and oxygen atoms in total. The average molecular weight is 825 g/mol. The molecular weight excluding hydrogens is 788 g/mol. The first kappa shape index (κ1) is 31.6. The summed E-state index contributed by atoms with van der Waals surface area (Å²) in [6, 6.07) is 32.6. The van der Waals surface area contributed by atoms with Crippen LogP contribution in [0, 0.1) is 6.07 Å². The standard InChI is InChI=1S/C42H37N4O2.Pt/c1-40(2,3)24-20-21-43-34(22-24)45-31-16-9-8-12-26(31)27-19-18-25(23-32(27)45)48-39-37-42(6,7)41(4,5)30-15-10-14-29-28-13-11-17-33(47)35(28)38(44-39)46(37)36(29)30;/h8-22,47H,1-7H3;/q-1;. The SMILES string of the molecule is CC(C)(C)c1ccnc(-n2c3[c-]c(Oc4nc5c6c(O)cccc6c6cccc7c6n5c4C(C)(C)C7(C)C)ccc3c3ccccc32)c1.[Pt]. The van der Waals surface area contributed by atoms with Gasteiger partial charge in [-0.05, 0) is 51.6 Å². The number of hydrogen-bond donors (Lipinski definition) is 1. The van der Waals surface area contributed by atoms with Crippen molar-refractivity contribution in [3.05, 3.63) is 114 Å². The maximum Gasteiger partial charge on any atom is 0.240 e. The molecule has 49 heavy (non-hydrogen) atoms. The fraction of sp³-hybridized carbons (Fsp3) is 0.238. The second-order valence-corrected chi connectivity index (χ2v) is 15.3. The van der Waals surface area contributed by atoms with Crippen molar-refractivity contribution < 1.29 is 30.9 Å². The van der Waals surface area contributed by atoms with Gasteiger partial charge in [0.15, 0.2) is 5.65 Å². The molecule has 0 aliphatic carbocycles. The Morgan fingerprint density at radius 3 is 2.33 bits per heavy atom. The predicted molar refractivity (Wildman–Crippen MR) is 194 cm³/mol. The number of phenolic OH excluding ortho intramolecular Hbond substituents is 1. The Morgan fingerprint density at radius 2 is 1.53 bits per heavy atom. The third-order valence-electron chi connectivity index (χ3n) is 11.1. The van der Waals surface area contributed by atoms with Crippen LogP contribution in [0.5, 0.6) is 17.4 Å². The van der Waals surface area contributed by atoms with E-state index in [1.165, 1.54) is 11.1 Å². The van der Waals surface area contributed by atoms with Crippen molar-refractivity contribution in [1.29, 1.82) is 0 Å². The molecule has 0 amide bonds. The second kappa shape index (κ2) is 10.4. The van der Waals surface area contributed by atoms with Gasteiger partial charge in [0, 0.05) is 54.7 Å². The minimum atomic E-state index is -0.378. The van der Waals surface area contributed by atoms with Crippen LogP contribution in [-0.4, -0.2) is 24.0 Å². The van der Waals surface area contributed by atoms with E-state index in [9.17, 15) is 5.11 Å². The molecule has 0 saturated heterocycles. The quantitative estimate of drug-likeness (QED) is 0.142. The van der Waals surface area contributed by atoms with Gasteiger partial charge in [-0.1, -0.05) is 103 Å². The number of imidazole rings is 1. The van der Waals surface area contributed by atoms with Crippen LogP contribution in [0.2, 0.25) is 0 Å². The van der Waals surface area contributed by atoms with Crippen LogP contribution in [0.3, 0.4) is 0 Å². The normalized spacial score (nSPS) is 15.1.